The molecule has 0 radical (unpaired) electrons. The number of rotatable bonds is 4. The Morgan fingerprint density at radius 3 is 1.21 bits per heavy atom. The fourth-order valence-corrected chi connectivity index (χ4v) is 1.64. The molecule has 2 rings (SSSR count). The van der Waals surface area contributed by atoms with Gasteiger partial charge >= 0.3 is 23.9 Å². The van der Waals surface area contributed by atoms with Crippen LogP contribution in [0.3, 0.4) is 0 Å². The van der Waals surface area contributed by atoms with Gasteiger partial charge in [-0.2, -0.15) is 0 Å². The molecular formula is C16H12O8. The van der Waals surface area contributed by atoms with Gasteiger partial charge in [-0.1, -0.05) is 18.2 Å². The average Bonchev–Trinajstić information content (AvgIpc) is 2.55. The van der Waals surface area contributed by atoms with Crippen molar-refractivity contribution in [3.63, 3.8) is 0 Å². The third kappa shape index (κ3) is 4.95. The molecule has 124 valence electrons. The summed E-state index contributed by atoms with van der Waals surface area (Å²) in [6, 6.07) is 10.7. The summed E-state index contributed by atoms with van der Waals surface area (Å²) in [7, 11) is 0. The summed E-state index contributed by atoms with van der Waals surface area (Å²) in [4.78, 5) is 41.7. The molecular weight excluding hydrogens is 320 g/mol. The van der Waals surface area contributed by atoms with E-state index in [4.69, 9.17) is 20.4 Å². The van der Waals surface area contributed by atoms with E-state index in [0.29, 0.717) is 0 Å². The van der Waals surface area contributed by atoms with Gasteiger partial charge in [-0.15, -0.1) is 0 Å². The highest BCUT2D eigenvalue weighted by Crippen LogP contribution is 2.08. The standard InChI is InChI=1S/2C8H6O4/c9-7(10)5-2-1-3-6(4-5)8(11)12;9-7(10)5-3-1-2-4-6(5)8(11)12/h2*1-4H,(H,9,10)(H,11,12). The molecule has 0 amide bonds. The van der Waals surface area contributed by atoms with E-state index in [1.807, 2.05) is 0 Å². The zero-order valence-electron chi connectivity index (χ0n) is 12.0. The van der Waals surface area contributed by atoms with Crippen LogP contribution in [0.1, 0.15) is 41.4 Å². The van der Waals surface area contributed by atoms with Crippen molar-refractivity contribution in [2.45, 2.75) is 0 Å². The summed E-state index contributed by atoms with van der Waals surface area (Å²) in [5.41, 5.74) is -0.417. The predicted molar refractivity (Wildman–Crippen MR) is 80.7 cm³/mol. The van der Waals surface area contributed by atoms with Crippen LogP contribution in [0.15, 0.2) is 48.5 Å². The third-order valence-corrected chi connectivity index (χ3v) is 2.74. The molecule has 0 saturated heterocycles. The number of benzene rings is 2. The molecule has 0 aliphatic rings. The van der Waals surface area contributed by atoms with Gasteiger partial charge in [-0.3, -0.25) is 0 Å². The molecule has 0 aliphatic carbocycles. The molecule has 0 aliphatic heterocycles. The predicted octanol–water partition coefficient (Wildman–Crippen LogP) is 2.17. The average molecular weight is 332 g/mol. The Labute approximate surface area is 135 Å². The van der Waals surface area contributed by atoms with Crippen molar-refractivity contribution in [1.29, 1.82) is 0 Å². The molecule has 0 unspecified atom stereocenters. The summed E-state index contributed by atoms with van der Waals surface area (Å²) < 4.78 is 0. The Kier molecular flexibility index (Phi) is 6.19. The fraction of sp³-hybridized carbons (Fsp3) is 0. The van der Waals surface area contributed by atoms with Gasteiger partial charge in [0.1, 0.15) is 0 Å². The maximum absolute atomic E-state index is 10.5. The zero-order valence-corrected chi connectivity index (χ0v) is 12.0. The maximum Gasteiger partial charge on any atom is 0.336 e. The van der Waals surface area contributed by atoms with Crippen molar-refractivity contribution in [3.8, 4) is 0 Å². The van der Waals surface area contributed by atoms with Crippen molar-refractivity contribution >= 4 is 23.9 Å². The maximum atomic E-state index is 10.5. The van der Waals surface area contributed by atoms with E-state index in [-0.39, 0.29) is 22.3 Å². The number of carboxylic acid groups (broad SMARTS) is 4. The summed E-state index contributed by atoms with van der Waals surface area (Å²) >= 11 is 0. The number of hydrogen-bond donors (Lipinski definition) is 4. The van der Waals surface area contributed by atoms with Crippen LogP contribution in [0.25, 0.3) is 0 Å². The van der Waals surface area contributed by atoms with E-state index in [9.17, 15) is 19.2 Å². The lowest BCUT2D eigenvalue weighted by atomic mass is 10.1. The van der Waals surface area contributed by atoms with Gasteiger partial charge in [-0.05, 0) is 30.3 Å². The van der Waals surface area contributed by atoms with E-state index >= 15 is 0 Å². The molecule has 24 heavy (non-hydrogen) atoms. The molecule has 0 saturated carbocycles. The van der Waals surface area contributed by atoms with Crippen molar-refractivity contribution in [1.82, 2.24) is 0 Å². The molecule has 8 heteroatoms. The monoisotopic (exact) mass is 332 g/mol. The van der Waals surface area contributed by atoms with Gasteiger partial charge in [0, 0.05) is 0 Å². The van der Waals surface area contributed by atoms with Crippen LogP contribution < -0.4 is 0 Å². The lowest BCUT2D eigenvalue weighted by Crippen LogP contribution is -2.06. The van der Waals surface area contributed by atoms with Gasteiger partial charge in [0.25, 0.3) is 0 Å². The quantitative estimate of drug-likeness (QED) is 0.665. The van der Waals surface area contributed by atoms with E-state index in [1.165, 1.54) is 42.5 Å². The first-order chi connectivity index (χ1) is 11.2. The highest BCUT2D eigenvalue weighted by atomic mass is 16.4. The van der Waals surface area contributed by atoms with Gasteiger partial charge in [0.2, 0.25) is 0 Å². The molecule has 2 aromatic carbocycles. The van der Waals surface area contributed by atoms with Gasteiger partial charge < -0.3 is 20.4 Å². The van der Waals surface area contributed by atoms with Crippen molar-refractivity contribution in [2.24, 2.45) is 0 Å². The minimum atomic E-state index is -1.23. The minimum Gasteiger partial charge on any atom is -0.478 e. The zero-order chi connectivity index (χ0) is 18.3. The second-order valence-corrected chi connectivity index (χ2v) is 4.35. The van der Waals surface area contributed by atoms with E-state index in [1.54, 1.807) is 0 Å². The molecule has 4 N–H and O–H groups in total. The summed E-state index contributed by atoms with van der Waals surface area (Å²) in [5, 5.41) is 34.1. The van der Waals surface area contributed by atoms with E-state index < -0.39 is 23.9 Å². The van der Waals surface area contributed by atoms with Gasteiger partial charge in [0.05, 0.1) is 22.3 Å². The Bertz CT molecular complexity index is 732. The van der Waals surface area contributed by atoms with Crippen LogP contribution >= 0.6 is 0 Å². The largest absolute Gasteiger partial charge is 0.478 e. The van der Waals surface area contributed by atoms with Crippen LogP contribution in [0.5, 0.6) is 0 Å². The Morgan fingerprint density at radius 2 is 0.917 bits per heavy atom. The molecule has 2 aromatic rings. The number of hydrogen-bond acceptors (Lipinski definition) is 4. The molecule has 0 spiro atoms. The van der Waals surface area contributed by atoms with Crippen LogP contribution in [0.2, 0.25) is 0 Å². The smallest absolute Gasteiger partial charge is 0.336 e. The summed E-state index contributed by atoms with van der Waals surface area (Å²) in [6.45, 7) is 0. The number of carbonyl (C=O) groups is 4. The topological polar surface area (TPSA) is 149 Å². The molecule has 0 atom stereocenters. The highest BCUT2D eigenvalue weighted by Gasteiger charge is 2.13. The molecule has 0 aromatic heterocycles. The Morgan fingerprint density at radius 1 is 0.542 bits per heavy atom. The fourth-order valence-electron chi connectivity index (χ4n) is 1.64. The van der Waals surface area contributed by atoms with Crippen LogP contribution in [-0.4, -0.2) is 44.3 Å². The Balaban J connectivity index is 0.000000240. The van der Waals surface area contributed by atoms with Crippen LogP contribution in [0.4, 0.5) is 0 Å². The molecule has 0 heterocycles. The summed E-state index contributed by atoms with van der Waals surface area (Å²) in [6.07, 6.45) is 0. The van der Waals surface area contributed by atoms with Gasteiger partial charge in [0.15, 0.2) is 0 Å². The number of carboxylic acids is 4. The lowest BCUT2D eigenvalue weighted by molar-refractivity contribution is 0.0651. The van der Waals surface area contributed by atoms with Gasteiger partial charge in [-0.25, -0.2) is 19.2 Å². The normalized spacial score (nSPS) is 9.33. The summed E-state index contributed by atoms with van der Waals surface area (Å²) in [5.74, 6) is -4.71. The Hall–Kier alpha value is -3.68. The highest BCUT2D eigenvalue weighted by molar-refractivity contribution is 6.01. The van der Waals surface area contributed by atoms with E-state index in [2.05, 4.69) is 0 Å². The van der Waals surface area contributed by atoms with Crippen LogP contribution in [-0.2, 0) is 0 Å². The SMILES string of the molecule is O=C(O)c1cccc(C(=O)O)c1.O=C(O)c1ccccc1C(=O)O. The van der Waals surface area contributed by atoms with Crippen molar-refractivity contribution in [3.05, 3.63) is 70.8 Å². The van der Waals surface area contributed by atoms with Crippen LogP contribution in [0, 0.1) is 0 Å². The lowest BCUT2D eigenvalue weighted by Gasteiger charge is -1.98. The minimum absolute atomic E-state index is 0.0186. The third-order valence-electron chi connectivity index (χ3n) is 2.74. The van der Waals surface area contributed by atoms with Crippen molar-refractivity contribution in [2.75, 3.05) is 0 Å². The second kappa shape index (κ2) is 8.08. The van der Waals surface area contributed by atoms with E-state index in [0.717, 1.165) is 6.07 Å². The first kappa shape index (κ1) is 18.4. The van der Waals surface area contributed by atoms with Crippen molar-refractivity contribution < 1.29 is 39.6 Å². The number of aromatic carboxylic acids is 4. The molecule has 8 nitrogen and oxygen atoms in total. The molecule has 0 bridgehead atoms. The second-order valence-electron chi connectivity index (χ2n) is 4.35. The molecule has 0 fully saturated rings. The first-order valence-corrected chi connectivity index (χ1v) is 6.36. The first-order valence-electron chi connectivity index (χ1n) is 6.36.